The fourth-order valence-electron chi connectivity index (χ4n) is 14.8. The lowest BCUT2D eigenvalue weighted by Gasteiger charge is -2.37. The normalized spacial score (nSPS) is 14.1. The Morgan fingerprint density at radius 3 is 1.35 bits per heavy atom. The van der Waals surface area contributed by atoms with Crippen LogP contribution < -0.4 is 9.80 Å². The van der Waals surface area contributed by atoms with Crippen molar-refractivity contribution >= 4 is 55.7 Å². The predicted molar refractivity (Wildman–Crippen MR) is 323 cm³/mol. The first-order chi connectivity index (χ1) is 38.7. The van der Waals surface area contributed by atoms with Gasteiger partial charge in [-0.1, -0.05) is 231 Å². The van der Waals surface area contributed by atoms with Crippen LogP contribution in [-0.2, 0) is 10.8 Å². The van der Waals surface area contributed by atoms with Gasteiger partial charge in [-0.15, -0.1) is 0 Å². The summed E-state index contributed by atoms with van der Waals surface area (Å²) in [5.74, 6) is 0. The highest BCUT2D eigenvalue weighted by atomic mass is 15.2. The molecule has 78 heavy (non-hydrogen) atoms. The molecule has 0 atom stereocenters. The second-order valence-corrected chi connectivity index (χ2v) is 21.4. The first-order valence-electron chi connectivity index (χ1n) is 27.2. The maximum absolute atomic E-state index is 2.53. The van der Waals surface area contributed by atoms with Crippen molar-refractivity contribution in [3.05, 3.63) is 336 Å². The molecule has 0 unspecified atom stereocenters. The molecule has 13 aromatic rings. The standard InChI is InChI=1S/C76H48N2/c1-4-23-51(24-5-1)75(52-25-6-2-7-26-52)68-46-54(40-43-62(68)63-44-41-56(48-69(63)75)78-71-37-19-22-50-21-18-33-64(73(50)71)74-57-29-11-10-20-49(57)38-45-72(74)78)77(53-27-8-3-9-28-53)55-39-42-61-60-32-14-17-36-67(60)76(70(61)47-55)65-34-15-12-30-58(65)59-31-13-16-35-66(59)76/h1-48H. The number of rotatable bonds is 6. The highest BCUT2D eigenvalue weighted by Crippen LogP contribution is 2.64. The first-order valence-corrected chi connectivity index (χ1v) is 27.2. The smallest absolute Gasteiger partial charge is 0.0726 e. The quantitative estimate of drug-likeness (QED) is 0.164. The van der Waals surface area contributed by atoms with Crippen molar-refractivity contribution in [1.82, 2.24) is 0 Å². The van der Waals surface area contributed by atoms with E-state index in [0.29, 0.717) is 0 Å². The second-order valence-electron chi connectivity index (χ2n) is 21.4. The SMILES string of the molecule is c1ccc(N(c2ccc3c(c2)C(c2ccccc2)(c2ccccc2)c2cc(N4c5ccc6ccccc6c5-c5cccc6cccc4c56)ccc2-3)c2ccc3c(c2)C2(c4ccccc4-c4ccccc42)c2ccccc2-3)cc1. The van der Waals surface area contributed by atoms with Gasteiger partial charge in [0.25, 0.3) is 0 Å². The average Bonchev–Trinajstić information content (AvgIpc) is 4.31. The third-order valence-corrected chi connectivity index (χ3v) is 17.8. The molecule has 0 fully saturated rings. The molecule has 0 saturated heterocycles. The molecule has 1 spiro atoms. The number of hydrogen-bond acceptors (Lipinski definition) is 2. The van der Waals surface area contributed by atoms with Crippen molar-refractivity contribution in [2.45, 2.75) is 10.8 Å². The van der Waals surface area contributed by atoms with Crippen molar-refractivity contribution in [2.24, 2.45) is 0 Å². The Labute approximate surface area is 454 Å². The Kier molecular flexibility index (Phi) is 9.01. The third-order valence-electron chi connectivity index (χ3n) is 17.8. The van der Waals surface area contributed by atoms with Crippen LogP contribution in [0.15, 0.2) is 291 Å². The maximum Gasteiger partial charge on any atom is 0.0726 e. The van der Waals surface area contributed by atoms with E-state index in [1.54, 1.807) is 0 Å². The van der Waals surface area contributed by atoms with Crippen LogP contribution in [0, 0.1) is 0 Å². The van der Waals surface area contributed by atoms with Crippen molar-refractivity contribution in [3.8, 4) is 44.5 Å². The van der Waals surface area contributed by atoms with Gasteiger partial charge in [0.05, 0.1) is 22.2 Å². The van der Waals surface area contributed by atoms with E-state index in [2.05, 4.69) is 301 Å². The number of benzene rings is 13. The highest BCUT2D eigenvalue weighted by Gasteiger charge is 2.52. The summed E-state index contributed by atoms with van der Waals surface area (Å²) >= 11 is 0. The zero-order chi connectivity index (χ0) is 51.1. The van der Waals surface area contributed by atoms with Gasteiger partial charge in [-0.3, -0.25) is 0 Å². The van der Waals surface area contributed by atoms with Gasteiger partial charge >= 0.3 is 0 Å². The van der Waals surface area contributed by atoms with Crippen molar-refractivity contribution < 1.29 is 0 Å². The molecule has 0 saturated carbocycles. The summed E-state index contributed by atoms with van der Waals surface area (Å²) in [6.45, 7) is 0. The lowest BCUT2D eigenvalue weighted by Crippen LogP contribution is -2.29. The second kappa shape index (κ2) is 16.2. The van der Waals surface area contributed by atoms with Crippen LogP contribution >= 0.6 is 0 Å². The minimum absolute atomic E-state index is 0.472. The summed E-state index contributed by atoms with van der Waals surface area (Å²) < 4.78 is 0. The van der Waals surface area contributed by atoms with Gasteiger partial charge in [-0.2, -0.15) is 0 Å². The Morgan fingerprint density at radius 2 is 0.731 bits per heavy atom. The predicted octanol–water partition coefficient (Wildman–Crippen LogP) is 19.6. The minimum atomic E-state index is -0.686. The van der Waals surface area contributed by atoms with Gasteiger partial charge in [0.1, 0.15) is 0 Å². The van der Waals surface area contributed by atoms with Crippen LogP contribution in [0.4, 0.5) is 34.1 Å². The molecule has 0 bridgehead atoms. The van der Waals surface area contributed by atoms with E-state index >= 15 is 0 Å². The van der Waals surface area contributed by atoms with Gasteiger partial charge in [-0.25, -0.2) is 0 Å². The van der Waals surface area contributed by atoms with Crippen molar-refractivity contribution in [3.63, 3.8) is 0 Å². The fourth-order valence-corrected chi connectivity index (χ4v) is 14.8. The summed E-state index contributed by atoms with van der Waals surface area (Å²) in [6, 6.07) is 110. The summed E-state index contributed by atoms with van der Waals surface area (Å²) in [7, 11) is 0. The number of nitrogens with zero attached hydrogens (tertiary/aromatic N) is 2. The van der Waals surface area contributed by atoms with Crippen molar-refractivity contribution in [1.29, 1.82) is 0 Å². The van der Waals surface area contributed by atoms with E-state index in [4.69, 9.17) is 0 Å². The van der Waals surface area contributed by atoms with E-state index in [-0.39, 0.29) is 0 Å². The third kappa shape index (κ3) is 5.65. The molecule has 362 valence electrons. The summed E-state index contributed by atoms with van der Waals surface area (Å²) in [6.07, 6.45) is 0. The van der Waals surface area contributed by atoms with E-state index in [1.165, 1.54) is 122 Å². The van der Waals surface area contributed by atoms with Gasteiger partial charge < -0.3 is 9.80 Å². The largest absolute Gasteiger partial charge is 0.310 e. The molecule has 17 rings (SSSR count). The van der Waals surface area contributed by atoms with E-state index in [0.717, 1.165) is 22.7 Å². The molecule has 0 radical (unpaired) electrons. The van der Waals surface area contributed by atoms with Crippen LogP contribution in [0.3, 0.4) is 0 Å². The van der Waals surface area contributed by atoms with E-state index in [9.17, 15) is 0 Å². The van der Waals surface area contributed by atoms with Gasteiger partial charge in [0.15, 0.2) is 0 Å². The van der Waals surface area contributed by atoms with Crippen LogP contribution in [0.2, 0.25) is 0 Å². The monoisotopic (exact) mass is 988 g/mol. The Bertz CT molecular complexity index is 4520. The topological polar surface area (TPSA) is 6.48 Å². The Balaban J connectivity index is 0.905. The Morgan fingerprint density at radius 1 is 0.269 bits per heavy atom. The average molecular weight is 989 g/mol. The highest BCUT2D eigenvalue weighted by molar-refractivity contribution is 6.19. The summed E-state index contributed by atoms with van der Waals surface area (Å²) in [5, 5.41) is 5.01. The fraction of sp³-hybridized carbons (Fsp3) is 0.0263. The lowest BCUT2D eigenvalue weighted by molar-refractivity contribution is 0.768. The van der Waals surface area contributed by atoms with Gasteiger partial charge in [0, 0.05) is 33.7 Å². The molecular formula is C76H48N2. The lowest BCUT2D eigenvalue weighted by atomic mass is 9.67. The molecule has 0 aromatic heterocycles. The zero-order valence-electron chi connectivity index (χ0n) is 42.6. The Hall–Kier alpha value is -10.0. The molecule has 2 heteroatoms. The molecule has 3 aliphatic carbocycles. The van der Waals surface area contributed by atoms with Crippen LogP contribution in [0.5, 0.6) is 0 Å². The molecule has 0 amide bonds. The van der Waals surface area contributed by atoms with Crippen LogP contribution in [0.25, 0.3) is 66.1 Å². The number of para-hydroxylation sites is 1. The number of hydrogen-bond donors (Lipinski definition) is 0. The number of anilines is 6. The molecule has 0 N–H and O–H groups in total. The van der Waals surface area contributed by atoms with E-state index < -0.39 is 10.8 Å². The maximum atomic E-state index is 2.53. The molecule has 13 aromatic carbocycles. The van der Waals surface area contributed by atoms with Crippen LogP contribution in [0.1, 0.15) is 44.5 Å². The van der Waals surface area contributed by atoms with Gasteiger partial charge in [-0.05, 0) is 160 Å². The molecule has 2 nitrogen and oxygen atoms in total. The molecule has 4 aliphatic rings. The molecule has 1 aliphatic heterocycles. The van der Waals surface area contributed by atoms with Crippen LogP contribution in [-0.4, -0.2) is 0 Å². The summed E-state index contributed by atoms with van der Waals surface area (Å²) in [5.41, 5.74) is 26.2. The zero-order valence-corrected chi connectivity index (χ0v) is 42.6. The van der Waals surface area contributed by atoms with Gasteiger partial charge in [0.2, 0.25) is 0 Å². The first kappa shape index (κ1) is 43.2. The molecule has 1 heterocycles. The number of fused-ring (bicyclic) bond motifs is 17. The van der Waals surface area contributed by atoms with E-state index in [1.807, 2.05) is 0 Å². The minimum Gasteiger partial charge on any atom is -0.310 e. The molecular weight excluding hydrogens is 941 g/mol. The summed E-state index contributed by atoms with van der Waals surface area (Å²) in [4.78, 5) is 5.02. The van der Waals surface area contributed by atoms with Crippen molar-refractivity contribution in [2.75, 3.05) is 9.80 Å².